The molecule has 1 heterocycles. The summed E-state index contributed by atoms with van der Waals surface area (Å²) in [7, 11) is 0. The van der Waals surface area contributed by atoms with Crippen LogP contribution in [0.2, 0.25) is 0 Å². The van der Waals surface area contributed by atoms with Crippen LogP contribution in [0.1, 0.15) is 0 Å². The molecule has 0 saturated carbocycles. The van der Waals surface area contributed by atoms with Gasteiger partial charge in [-0.05, 0) is 84.9 Å². The Labute approximate surface area is 249 Å². The molecule has 1 nitrogen and oxygen atoms in total. The SMILES string of the molecule is c1cc(-c2c3ccccc3c(-c3ccc4ccccc4c3)c3ccccc23)cc(-n2c3ccccc3c3ccccc32)c1. The normalized spacial score (nSPS) is 11.7. The maximum atomic E-state index is 2.40. The zero-order valence-corrected chi connectivity index (χ0v) is 23.5. The van der Waals surface area contributed by atoms with Crippen LogP contribution in [0.25, 0.3) is 82.1 Å². The molecule has 9 aromatic rings. The van der Waals surface area contributed by atoms with Crippen LogP contribution in [-0.2, 0) is 0 Å². The molecule has 0 aliphatic carbocycles. The number of nitrogens with zero attached hydrogens (tertiary/aromatic N) is 1. The van der Waals surface area contributed by atoms with Gasteiger partial charge in [0.15, 0.2) is 0 Å². The molecule has 0 saturated heterocycles. The van der Waals surface area contributed by atoms with Gasteiger partial charge in [-0.1, -0.05) is 133 Å². The number of para-hydroxylation sites is 2. The van der Waals surface area contributed by atoms with Crippen molar-refractivity contribution < 1.29 is 0 Å². The smallest absolute Gasteiger partial charge is 0.0541 e. The number of benzene rings is 8. The Balaban J connectivity index is 1.34. The van der Waals surface area contributed by atoms with Crippen molar-refractivity contribution in [1.29, 1.82) is 0 Å². The molecule has 0 atom stereocenters. The van der Waals surface area contributed by atoms with Crippen LogP contribution in [0.15, 0.2) is 164 Å². The highest BCUT2D eigenvalue weighted by Gasteiger charge is 2.18. The van der Waals surface area contributed by atoms with Gasteiger partial charge in [0.05, 0.1) is 11.0 Å². The van der Waals surface area contributed by atoms with Gasteiger partial charge in [-0.3, -0.25) is 0 Å². The molecular weight excluding hydrogens is 518 g/mol. The Morgan fingerprint density at radius 2 is 0.767 bits per heavy atom. The van der Waals surface area contributed by atoms with Crippen molar-refractivity contribution in [2.24, 2.45) is 0 Å². The highest BCUT2D eigenvalue weighted by atomic mass is 15.0. The Hall–Kier alpha value is -5.66. The topological polar surface area (TPSA) is 4.93 Å². The third-order valence-corrected chi connectivity index (χ3v) is 8.94. The fraction of sp³-hybridized carbons (Fsp3) is 0. The predicted octanol–water partition coefficient (Wildman–Crippen LogP) is 11.6. The van der Waals surface area contributed by atoms with Crippen LogP contribution in [0, 0.1) is 0 Å². The van der Waals surface area contributed by atoms with Gasteiger partial charge in [-0.15, -0.1) is 0 Å². The van der Waals surface area contributed by atoms with Crippen LogP contribution in [0.4, 0.5) is 0 Å². The van der Waals surface area contributed by atoms with Crippen molar-refractivity contribution in [3.05, 3.63) is 164 Å². The lowest BCUT2D eigenvalue weighted by molar-refractivity contribution is 1.18. The molecule has 0 aliphatic rings. The van der Waals surface area contributed by atoms with Gasteiger partial charge in [-0.2, -0.15) is 0 Å². The minimum atomic E-state index is 1.17. The van der Waals surface area contributed by atoms with Crippen molar-refractivity contribution in [2.45, 2.75) is 0 Å². The molecule has 9 rings (SSSR count). The highest BCUT2D eigenvalue weighted by Crippen LogP contribution is 2.44. The van der Waals surface area contributed by atoms with E-state index in [0.29, 0.717) is 0 Å². The van der Waals surface area contributed by atoms with Crippen molar-refractivity contribution in [3.63, 3.8) is 0 Å². The van der Waals surface area contributed by atoms with Gasteiger partial charge < -0.3 is 4.57 Å². The Morgan fingerprint density at radius 1 is 0.302 bits per heavy atom. The lowest BCUT2D eigenvalue weighted by Gasteiger charge is -2.19. The third kappa shape index (κ3) is 3.65. The zero-order valence-electron chi connectivity index (χ0n) is 23.5. The van der Waals surface area contributed by atoms with Crippen LogP contribution in [-0.4, -0.2) is 4.57 Å². The lowest BCUT2D eigenvalue weighted by atomic mass is 9.85. The molecule has 0 spiro atoms. The molecular formula is C42H27N. The summed E-state index contributed by atoms with van der Waals surface area (Å²) in [6.45, 7) is 0. The summed E-state index contributed by atoms with van der Waals surface area (Å²) in [5.41, 5.74) is 8.65. The standard InChI is InChI=1S/C42H27N/c1-2-13-29-26-31(25-24-28(29)12-1)42-37-20-5-3-18-35(37)41(36-19-4-6-21-38(36)42)30-14-11-15-32(27-30)43-39-22-9-7-16-33(39)34-17-8-10-23-40(34)43/h1-27H. The van der Waals surface area contributed by atoms with E-state index in [4.69, 9.17) is 0 Å². The van der Waals surface area contributed by atoms with E-state index < -0.39 is 0 Å². The van der Waals surface area contributed by atoms with Gasteiger partial charge in [0.1, 0.15) is 0 Å². The average molecular weight is 546 g/mol. The summed E-state index contributed by atoms with van der Waals surface area (Å²) in [6, 6.07) is 59.8. The van der Waals surface area contributed by atoms with E-state index in [2.05, 4.69) is 168 Å². The fourth-order valence-corrected chi connectivity index (χ4v) is 7.10. The molecule has 1 aromatic heterocycles. The van der Waals surface area contributed by atoms with Crippen LogP contribution in [0.3, 0.4) is 0 Å². The van der Waals surface area contributed by atoms with Gasteiger partial charge in [0, 0.05) is 16.5 Å². The van der Waals surface area contributed by atoms with Crippen LogP contribution >= 0.6 is 0 Å². The first-order valence-corrected chi connectivity index (χ1v) is 14.9. The molecule has 200 valence electrons. The molecule has 0 fully saturated rings. The lowest BCUT2D eigenvalue weighted by Crippen LogP contribution is -1.95. The monoisotopic (exact) mass is 545 g/mol. The molecule has 1 heteroatoms. The maximum Gasteiger partial charge on any atom is 0.0541 e. The van der Waals surface area contributed by atoms with E-state index in [0.717, 1.165) is 0 Å². The van der Waals surface area contributed by atoms with Gasteiger partial charge >= 0.3 is 0 Å². The van der Waals surface area contributed by atoms with E-state index in [1.165, 1.54) is 82.1 Å². The van der Waals surface area contributed by atoms with Crippen molar-refractivity contribution in [1.82, 2.24) is 4.57 Å². The Morgan fingerprint density at radius 3 is 1.35 bits per heavy atom. The molecule has 0 amide bonds. The van der Waals surface area contributed by atoms with E-state index in [-0.39, 0.29) is 0 Å². The number of hydrogen-bond acceptors (Lipinski definition) is 0. The van der Waals surface area contributed by atoms with Gasteiger partial charge in [0.2, 0.25) is 0 Å². The first kappa shape index (κ1) is 24.0. The number of rotatable bonds is 3. The fourth-order valence-electron chi connectivity index (χ4n) is 7.10. The molecule has 8 aromatic carbocycles. The quantitative estimate of drug-likeness (QED) is 0.195. The minimum Gasteiger partial charge on any atom is -0.309 e. The Kier molecular flexibility index (Phi) is 5.27. The van der Waals surface area contributed by atoms with Crippen LogP contribution in [0.5, 0.6) is 0 Å². The second kappa shape index (κ2) is 9.44. The van der Waals surface area contributed by atoms with Gasteiger partial charge in [-0.25, -0.2) is 0 Å². The molecule has 43 heavy (non-hydrogen) atoms. The van der Waals surface area contributed by atoms with Crippen LogP contribution < -0.4 is 0 Å². The third-order valence-electron chi connectivity index (χ3n) is 8.94. The van der Waals surface area contributed by atoms with Crippen molar-refractivity contribution >= 4 is 54.1 Å². The summed E-state index contributed by atoms with van der Waals surface area (Å²) in [5.74, 6) is 0. The summed E-state index contributed by atoms with van der Waals surface area (Å²) < 4.78 is 2.40. The summed E-state index contributed by atoms with van der Waals surface area (Å²) >= 11 is 0. The van der Waals surface area contributed by atoms with E-state index >= 15 is 0 Å². The number of aromatic nitrogens is 1. The largest absolute Gasteiger partial charge is 0.309 e. The molecule has 0 aliphatic heterocycles. The second-order valence-electron chi connectivity index (χ2n) is 11.3. The maximum absolute atomic E-state index is 2.40. The highest BCUT2D eigenvalue weighted by molar-refractivity contribution is 6.22. The molecule has 0 bridgehead atoms. The number of fused-ring (bicyclic) bond motifs is 6. The summed E-state index contributed by atoms with van der Waals surface area (Å²) in [5, 5.41) is 10.2. The van der Waals surface area contributed by atoms with E-state index in [9.17, 15) is 0 Å². The first-order valence-electron chi connectivity index (χ1n) is 14.9. The summed E-state index contributed by atoms with van der Waals surface area (Å²) in [6.07, 6.45) is 0. The van der Waals surface area contributed by atoms with E-state index in [1.54, 1.807) is 0 Å². The first-order chi connectivity index (χ1) is 21.3. The van der Waals surface area contributed by atoms with Gasteiger partial charge in [0.25, 0.3) is 0 Å². The predicted molar refractivity (Wildman–Crippen MR) is 184 cm³/mol. The molecule has 0 N–H and O–H groups in total. The number of hydrogen-bond donors (Lipinski definition) is 0. The second-order valence-corrected chi connectivity index (χ2v) is 11.3. The summed E-state index contributed by atoms with van der Waals surface area (Å²) in [4.78, 5) is 0. The van der Waals surface area contributed by atoms with E-state index in [1.807, 2.05) is 0 Å². The Bertz CT molecular complexity index is 2400. The zero-order chi connectivity index (χ0) is 28.3. The minimum absolute atomic E-state index is 1.17. The van der Waals surface area contributed by atoms with Crippen molar-refractivity contribution in [3.8, 4) is 27.9 Å². The average Bonchev–Trinajstić information content (AvgIpc) is 3.41. The molecule has 0 unspecified atom stereocenters. The molecule has 0 radical (unpaired) electrons. The van der Waals surface area contributed by atoms with Crippen molar-refractivity contribution in [2.75, 3.05) is 0 Å².